The highest BCUT2D eigenvalue weighted by Gasteiger charge is 2.17. The van der Waals surface area contributed by atoms with Gasteiger partial charge in [-0.1, -0.05) is 24.3 Å². The van der Waals surface area contributed by atoms with Crippen molar-refractivity contribution in [2.45, 2.75) is 26.4 Å². The Morgan fingerprint density at radius 1 is 1.22 bits per heavy atom. The second-order valence-corrected chi connectivity index (χ2v) is 4.93. The first kappa shape index (κ1) is 12.8. The van der Waals surface area contributed by atoms with Crippen LogP contribution in [0.15, 0.2) is 36.5 Å². The van der Waals surface area contributed by atoms with E-state index in [-0.39, 0.29) is 5.60 Å². The Kier molecular flexibility index (Phi) is 3.82. The van der Waals surface area contributed by atoms with Crippen molar-refractivity contribution in [1.82, 2.24) is 4.98 Å². The van der Waals surface area contributed by atoms with Crippen molar-refractivity contribution in [3.05, 3.63) is 36.5 Å². The van der Waals surface area contributed by atoms with Crippen molar-refractivity contribution in [2.24, 2.45) is 0 Å². The third-order valence-corrected chi connectivity index (χ3v) is 2.89. The maximum Gasteiger partial charge on any atom is 0.133 e. The van der Waals surface area contributed by atoms with E-state index in [1.54, 1.807) is 0 Å². The predicted octanol–water partition coefficient (Wildman–Crippen LogP) is 3.46. The first-order valence-electron chi connectivity index (χ1n) is 6.34. The Bertz CT molecular complexity index is 517. The highest BCUT2D eigenvalue weighted by Crippen LogP contribution is 2.21. The third kappa shape index (κ3) is 2.99. The molecule has 0 bridgehead atoms. The minimum absolute atomic E-state index is 0.187. The van der Waals surface area contributed by atoms with Gasteiger partial charge >= 0.3 is 0 Å². The summed E-state index contributed by atoms with van der Waals surface area (Å²) in [5, 5.41) is 5.72. The topological polar surface area (TPSA) is 34.1 Å². The van der Waals surface area contributed by atoms with Crippen LogP contribution in [-0.4, -0.2) is 23.7 Å². The number of hydrogen-bond acceptors (Lipinski definition) is 3. The summed E-state index contributed by atoms with van der Waals surface area (Å²) in [6.45, 7) is 7.63. The number of pyridine rings is 1. The molecule has 1 aromatic carbocycles. The van der Waals surface area contributed by atoms with Crippen LogP contribution in [0.2, 0.25) is 0 Å². The van der Waals surface area contributed by atoms with E-state index < -0.39 is 0 Å². The van der Waals surface area contributed by atoms with Crippen LogP contribution in [-0.2, 0) is 4.74 Å². The zero-order valence-corrected chi connectivity index (χ0v) is 11.2. The minimum atomic E-state index is -0.187. The van der Waals surface area contributed by atoms with E-state index in [2.05, 4.69) is 36.3 Å². The third-order valence-electron chi connectivity index (χ3n) is 2.89. The molecule has 0 fully saturated rings. The van der Waals surface area contributed by atoms with Crippen molar-refractivity contribution in [3.8, 4) is 0 Å². The molecule has 2 aromatic rings. The quantitative estimate of drug-likeness (QED) is 0.874. The lowest BCUT2D eigenvalue weighted by molar-refractivity contribution is 0.000664. The van der Waals surface area contributed by atoms with Crippen LogP contribution < -0.4 is 5.32 Å². The van der Waals surface area contributed by atoms with Crippen LogP contribution in [0.4, 0.5) is 5.82 Å². The molecule has 0 radical (unpaired) electrons. The molecule has 2 rings (SSSR count). The summed E-state index contributed by atoms with van der Waals surface area (Å²) in [6.07, 6.45) is 1.83. The van der Waals surface area contributed by atoms with Crippen LogP contribution >= 0.6 is 0 Å². The number of rotatable bonds is 5. The second kappa shape index (κ2) is 5.36. The number of nitrogens with one attached hydrogen (secondary N) is 1. The molecule has 3 nitrogen and oxygen atoms in total. The van der Waals surface area contributed by atoms with Gasteiger partial charge in [-0.15, -0.1) is 0 Å². The Morgan fingerprint density at radius 2 is 2.00 bits per heavy atom. The van der Waals surface area contributed by atoms with Crippen LogP contribution in [0.3, 0.4) is 0 Å². The van der Waals surface area contributed by atoms with E-state index in [0.717, 1.165) is 24.4 Å². The molecule has 0 aliphatic rings. The lowest BCUT2D eigenvalue weighted by Gasteiger charge is -2.25. The predicted molar refractivity (Wildman–Crippen MR) is 75.9 cm³/mol. The van der Waals surface area contributed by atoms with Crippen LogP contribution in [0.1, 0.15) is 20.8 Å². The molecule has 1 N–H and O–H groups in total. The molecule has 0 atom stereocenters. The van der Waals surface area contributed by atoms with Gasteiger partial charge in [-0.05, 0) is 32.2 Å². The second-order valence-electron chi connectivity index (χ2n) is 4.93. The van der Waals surface area contributed by atoms with Gasteiger partial charge in [0.05, 0.1) is 5.60 Å². The molecule has 0 saturated heterocycles. The molecule has 0 saturated carbocycles. The van der Waals surface area contributed by atoms with Crippen LogP contribution in [0.25, 0.3) is 10.8 Å². The van der Waals surface area contributed by atoms with Gasteiger partial charge in [-0.3, -0.25) is 0 Å². The molecule has 3 heteroatoms. The first-order chi connectivity index (χ1) is 8.62. The molecule has 1 aromatic heterocycles. The molecule has 1 heterocycles. The Morgan fingerprint density at radius 3 is 2.78 bits per heavy atom. The van der Waals surface area contributed by atoms with Gasteiger partial charge in [0.15, 0.2) is 0 Å². The molecule has 0 spiro atoms. The first-order valence-corrected chi connectivity index (χ1v) is 6.34. The van der Waals surface area contributed by atoms with Crippen molar-refractivity contribution in [1.29, 1.82) is 0 Å². The van der Waals surface area contributed by atoms with E-state index in [1.807, 2.05) is 31.3 Å². The van der Waals surface area contributed by atoms with Gasteiger partial charge in [0.25, 0.3) is 0 Å². The van der Waals surface area contributed by atoms with Crippen molar-refractivity contribution < 1.29 is 4.74 Å². The lowest BCUT2D eigenvalue weighted by Crippen LogP contribution is -2.33. The average Bonchev–Trinajstić information content (AvgIpc) is 2.36. The maximum atomic E-state index is 5.67. The van der Waals surface area contributed by atoms with Crippen molar-refractivity contribution in [2.75, 3.05) is 18.5 Å². The molecular weight excluding hydrogens is 224 g/mol. The minimum Gasteiger partial charge on any atom is -0.374 e. The Labute approximate surface area is 108 Å². The van der Waals surface area contributed by atoms with Gasteiger partial charge in [0.2, 0.25) is 0 Å². The summed E-state index contributed by atoms with van der Waals surface area (Å²) in [7, 11) is 0. The standard InChI is InChI=1S/C15H20N2O/c1-4-18-15(2,3)11-17-14-13-8-6-5-7-12(13)9-10-16-14/h5-10H,4,11H2,1-3H3,(H,16,17). The molecular formula is C15H20N2O. The van der Waals surface area contributed by atoms with Gasteiger partial charge in [0, 0.05) is 24.7 Å². The van der Waals surface area contributed by atoms with E-state index in [1.165, 1.54) is 5.39 Å². The fourth-order valence-corrected chi connectivity index (χ4v) is 2.00. The van der Waals surface area contributed by atoms with Gasteiger partial charge in [-0.2, -0.15) is 0 Å². The number of nitrogens with zero attached hydrogens (tertiary/aromatic N) is 1. The SMILES string of the molecule is CCOC(C)(C)CNc1nccc2ccccc12. The molecule has 0 unspecified atom stereocenters. The highest BCUT2D eigenvalue weighted by molar-refractivity contribution is 5.91. The van der Waals surface area contributed by atoms with E-state index in [0.29, 0.717) is 0 Å². The highest BCUT2D eigenvalue weighted by atomic mass is 16.5. The molecule has 96 valence electrons. The summed E-state index contributed by atoms with van der Waals surface area (Å²) < 4.78 is 5.67. The Hall–Kier alpha value is -1.61. The number of hydrogen-bond donors (Lipinski definition) is 1. The van der Waals surface area contributed by atoms with Gasteiger partial charge < -0.3 is 10.1 Å². The smallest absolute Gasteiger partial charge is 0.133 e. The summed E-state index contributed by atoms with van der Waals surface area (Å²) in [5.41, 5.74) is -0.187. The number of fused-ring (bicyclic) bond motifs is 1. The number of anilines is 1. The van der Waals surface area contributed by atoms with E-state index >= 15 is 0 Å². The number of ether oxygens (including phenoxy) is 1. The molecule has 0 aliphatic heterocycles. The van der Waals surface area contributed by atoms with Crippen molar-refractivity contribution in [3.63, 3.8) is 0 Å². The Balaban J connectivity index is 2.17. The zero-order chi connectivity index (χ0) is 13.0. The van der Waals surface area contributed by atoms with Gasteiger partial charge in [0.1, 0.15) is 5.82 Å². The van der Waals surface area contributed by atoms with Gasteiger partial charge in [-0.25, -0.2) is 4.98 Å². The summed E-state index contributed by atoms with van der Waals surface area (Å²) in [5.74, 6) is 0.917. The molecule has 18 heavy (non-hydrogen) atoms. The summed E-state index contributed by atoms with van der Waals surface area (Å²) in [6, 6.07) is 10.3. The molecule has 0 amide bonds. The fraction of sp³-hybridized carbons (Fsp3) is 0.400. The van der Waals surface area contributed by atoms with E-state index in [4.69, 9.17) is 4.74 Å². The van der Waals surface area contributed by atoms with Crippen molar-refractivity contribution >= 4 is 16.6 Å². The van der Waals surface area contributed by atoms with Crippen LogP contribution in [0.5, 0.6) is 0 Å². The zero-order valence-electron chi connectivity index (χ0n) is 11.2. The maximum absolute atomic E-state index is 5.67. The normalized spacial score (nSPS) is 11.7. The van der Waals surface area contributed by atoms with Crippen LogP contribution in [0, 0.1) is 0 Å². The monoisotopic (exact) mass is 244 g/mol. The summed E-state index contributed by atoms with van der Waals surface area (Å²) >= 11 is 0. The average molecular weight is 244 g/mol. The number of aromatic nitrogens is 1. The number of benzene rings is 1. The fourth-order valence-electron chi connectivity index (χ4n) is 2.00. The van der Waals surface area contributed by atoms with E-state index in [9.17, 15) is 0 Å². The lowest BCUT2D eigenvalue weighted by atomic mass is 10.1. The summed E-state index contributed by atoms with van der Waals surface area (Å²) in [4.78, 5) is 4.40. The molecule has 0 aliphatic carbocycles. The largest absolute Gasteiger partial charge is 0.374 e.